The Balaban J connectivity index is 1.94. The van der Waals surface area contributed by atoms with E-state index in [1.165, 1.54) is 18.4 Å². The van der Waals surface area contributed by atoms with Crippen LogP contribution >= 0.6 is 15.9 Å². The van der Waals surface area contributed by atoms with Crippen LogP contribution in [0.2, 0.25) is 0 Å². The molecule has 0 bridgehead atoms. The van der Waals surface area contributed by atoms with Crippen LogP contribution in [0.3, 0.4) is 0 Å². The van der Waals surface area contributed by atoms with Crippen molar-refractivity contribution in [3.8, 4) is 0 Å². The van der Waals surface area contributed by atoms with Crippen molar-refractivity contribution in [3.63, 3.8) is 0 Å². The number of halogens is 1. The van der Waals surface area contributed by atoms with Crippen LogP contribution in [0, 0.1) is 5.92 Å². The third-order valence-corrected chi connectivity index (χ3v) is 3.90. The van der Waals surface area contributed by atoms with Crippen molar-refractivity contribution in [2.45, 2.75) is 31.8 Å². The summed E-state index contributed by atoms with van der Waals surface area (Å²) in [7, 11) is 1.78. The number of benzene rings is 1. The highest BCUT2D eigenvalue weighted by molar-refractivity contribution is 9.10. The number of rotatable bonds is 6. The largest absolute Gasteiger partial charge is 0.383 e. The van der Waals surface area contributed by atoms with Crippen molar-refractivity contribution in [3.05, 3.63) is 34.3 Å². The zero-order valence-corrected chi connectivity index (χ0v) is 12.0. The van der Waals surface area contributed by atoms with Crippen molar-refractivity contribution in [2.75, 3.05) is 13.7 Å². The van der Waals surface area contributed by atoms with Gasteiger partial charge in [-0.3, -0.25) is 0 Å². The standard InChI is InChI=1S/C14H20BrNO/c1-10(11-5-7-13(15)8-6-11)16-14(9-17-2)12-3-4-12/h5-8,10,12,14,16H,3-4,9H2,1-2H3/t10-,14?/m0/s1. The smallest absolute Gasteiger partial charge is 0.0618 e. The highest BCUT2D eigenvalue weighted by Gasteiger charge is 2.31. The number of methoxy groups -OCH3 is 1. The minimum atomic E-state index is 0.379. The van der Waals surface area contributed by atoms with E-state index in [4.69, 9.17) is 4.74 Å². The van der Waals surface area contributed by atoms with Gasteiger partial charge in [0.25, 0.3) is 0 Å². The van der Waals surface area contributed by atoms with Crippen molar-refractivity contribution in [1.82, 2.24) is 5.32 Å². The average molecular weight is 298 g/mol. The Bertz CT molecular complexity index is 348. The van der Waals surface area contributed by atoms with E-state index in [0.29, 0.717) is 12.1 Å². The molecule has 1 aliphatic carbocycles. The zero-order valence-electron chi connectivity index (χ0n) is 10.4. The van der Waals surface area contributed by atoms with Gasteiger partial charge in [-0.05, 0) is 43.4 Å². The molecule has 0 amide bonds. The van der Waals surface area contributed by atoms with Gasteiger partial charge in [0.05, 0.1) is 6.61 Å². The van der Waals surface area contributed by atoms with Crippen LogP contribution in [0.25, 0.3) is 0 Å². The fourth-order valence-electron chi connectivity index (χ4n) is 2.17. The van der Waals surface area contributed by atoms with Crippen LogP contribution in [0.4, 0.5) is 0 Å². The molecule has 0 aliphatic heterocycles. The van der Waals surface area contributed by atoms with Crippen molar-refractivity contribution in [2.24, 2.45) is 5.92 Å². The van der Waals surface area contributed by atoms with Gasteiger partial charge in [0, 0.05) is 23.7 Å². The summed E-state index contributed by atoms with van der Waals surface area (Å²) in [6, 6.07) is 9.39. The molecule has 2 atom stereocenters. The molecule has 0 radical (unpaired) electrons. The second kappa shape index (κ2) is 5.98. The summed E-state index contributed by atoms with van der Waals surface area (Å²) in [6.07, 6.45) is 2.68. The summed E-state index contributed by atoms with van der Waals surface area (Å²) in [5.41, 5.74) is 1.33. The van der Waals surface area contributed by atoms with Crippen molar-refractivity contribution < 1.29 is 4.74 Å². The number of ether oxygens (including phenoxy) is 1. The van der Waals surface area contributed by atoms with Gasteiger partial charge in [-0.1, -0.05) is 28.1 Å². The molecule has 0 saturated heterocycles. The van der Waals surface area contributed by atoms with Crippen LogP contribution < -0.4 is 5.32 Å². The third kappa shape index (κ3) is 3.80. The van der Waals surface area contributed by atoms with E-state index in [1.807, 2.05) is 0 Å². The van der Waals surface area contributed by atoms with Gasteiger partial charge < -0.3 is 10.1 Å². The van der Waals surface area contributed by atoms with Gasteiger partial charge in [-0.2, -0.15) is 0 Å². The van der Waals surface area contributed by atoms with E-state index in [1.54, 1.807) is 7.11 Å². The second-order valence-electron chi connectivity index (χ2n) is 4.84. The predicted octanol–water partition coefficient (Wildman–Crippen LogP) is 3.52. The Morgan fingerprint density at radius 2 is 2.00 bits per heavy atom. The lowest BCUT2D eigenvalue weighted by Crippen LogP contribution is -2.36. The summed E-state index contributed by atoms with van der Waals surface area (Å²) >= 11 is 3.46. The van der Waals surface area contributed by atoms with Crippen LogP contribution in [0.1, 0.15) is 31.4 Å². The summed E-state index contributed by atoms with van der Waals surface area (Å²) in [6.45, 7) is 3.03. The maximum absolute atomic E-state index is 5.29. The minimum Gasteiger partial charge on any atom is -0.383 e. The minimum absolute atomic E-state index is 0.379. The monoisotopic (exact) mass is 297 g/mol. The zero-order chi connectivity index (χ0) is 12.3. The summed E-state index contributed by atoms with van der Waals surface area (Å²) in [5.74, 6) is 0.813. The van der Waals surface area contributed by atoms with Crippen molar-refractivity contribution >= 4 is 15.9 Å². The summed E-state index contributed by atoms with van der Waals surface area (Å²) in [4.78, 5) is 0. The van der Waals surface area contributed by atoms with E-state index < -0.39 is 0 Å². The molecule has 1 N–H and O–H groups in total. The Hall–Kier alpha value is -0.380. The molecule has 1 aromatic rings. The number of hydrogen-bond acceptors (Lipinski definition) is 2. The van der Waals surface area contributed by atoms with E-state index >= 15 is 0 Å². The van der Waals surface area contributed by atoms with Crippen LogP contribution in [0.15, 0.2) is 28.7 Å². The van der Waals surface area contributed by atoms with Crippen molar-refractivity contribution in [1.29, 1.82) is 0 Å². The molecular weight excluding hydrogens is 278 g/mol. The van der Waals surface area contributed by atoms with Gasteiger partial charge in [-0.25, -0.2) is 0 Å². The Kier molecular flexibility index (Phi) is 4.60. The highest BCUT2D eigenvalue weighted by atomic mass is 79.9. The molecule has 1 aliphatic rings. The maximum Gasteiger partial charge on any atom is 0.0618 e. The maximum atomic E-state index is 5.29. The molecule has 94 valence electrons. The topological polar surface area (TPSA) is 21.3 Å². The van der Waals surface area contributed by atoms with Gasteiger partial charge in [-0.15, -0.1) is 0 Å². The number of hydrogen-bond donors (Lipinski definition) is 1. The van der Waals surface area contributed by atoms with E-state index in [-0.39, 0.29) is 0 Å². The average Bonchev–Trinajstić information content (AvgIpc) is 3.13. The normalized spacial score (nSPS) is 19.0. The molecule has 1 saturated carbocycles. The Morgan fingerprint density at radius 1 is 1.35 bits per heavy atom. The molecule has 3 heteroatoms. The fraction of sp³-hybridized carbons (Fsp3) is 0.571. The summed E-state index contributed by atoms with van der Waals surface area (Å²) < 4.78 is 6.42. The molecule has 1 aromatic carbocycles. The first-order chi connectivity index (χ1) is 8.20. The Labute approximate surface area is 112 Å². The van der Waals surface area contributed by atoms with E-state index in [2.05, 4.69) is 52.4 Å². The predicted molar refractivity (Wildman–Crippen MR) is 74.1 cm³/mol. The van der Waals surface area contributed by atoms with Gasteiger partial charge >= 0.3 is 0 Å². The molecule has 1 fully saturated rings. The Morgan fingerprint density at radius 3 is 2.53 bits per heavy atom. The highest BCUT2D eigenvalue weighted by Crippen LogP contribution is 2.33. The lowest BCUT2D eigenvalue weighted by molar-refractivity contribution is 0.152. The van der Waals surface area contributed by atoms with Gasteiger partial charge in [0.2, 0.25) is 0 Å². The van der Waals surface area contributed by atoms with Crippen LogP contribution in [-0.2, 0) is 4.74 Å². The van der Waals surface area contributed by atoms with Crippen LogP contribution in [-0.4, -0.2) is 19.8 Å². The molecule has 2 rings (SSSR count). The molecule has 1 unspecified atom stereocenters. The molecule has 0 heterocycles. The summed E-state index contributed by atoms with van der Waals surface area (Å²) in [5, 5.41) is 3.68. The molecule has 0 aromatic heterocycles. The lowest BCUT2D eigenvalue weighted by atomic mass is 10.1. The fourth-order valence-corrected chi connectivity index (χ4v) is 2.43. The van der Waals surface area contributed by atoms with Gasteiger partial charge in [0.1, 0.15) is 0 Å². The molecular formula is C14H20BrNO. The van der Waals surface area contributed by atoms with Gasteiger partial charge in [0.15, 0.2) is 0 Å². The number of nitrogens with one attached hydrogen (secondary N) is 1. The van der Waals surface area contributed by atoms with E-state index in [9.17, 15) is 0 Å². The molecule has 17 heavy (non-hydrogen) atoms. The SMILES string of the molecule is COCC(N[C@@H](C)c1ccc(Br)cc1)C1CC1. The second-order valence-corrected chi connectivity index (χ2v) is 5.75. The third-order valence-electron chi connectivity index (χ3n) is 3.37. The first-order valence-electron chi connectivity index (χ1n) is 6.21. The first kappa shape index (κ1) is 13.1. The van der Waals surface area contributed by atoms with E-state index in [0.717, 1.165) is 17.0 Å². The lowest BCUT2D eigenvalue weighted by Gasteiger charge is -2.23. The quantitative estimate of drug-likeness (QED) is 0.867. The van der Waals surface area contributed by atoms with Crippen LogP contribution in [0.5, 0.6) is 0 Å². The molecule has 2 nitrogen and oxygen atoms in total. The molecule has 0 spiro atoms. The first-order valence-corrected chi connectivity index (χ1v) is 7.00.